The van der Waals surface area contributed by atoms with Crippen LogP contribution in [0.25, 0.3) is 0 Å². The summed E-state index contributed by atoms with van der Waals surface area (Å²) in [7, 11) is 0. The van der Waals surface area contributed by atoms with E-state index in [-0.39, 0.29) is 11.2 Å². The largest absolute Gasteiger partial charge is 0.281 e. The quantitative estimate of drug-likeness (QED) is 0.753. The number of fused-ring (bicyclic) bond motifs is 2. The molecule has 1 aliphatic heterocycles. The first-order chi connectivity index (χ1) is 9.25. The number of carbonyl (C=O) groups excluding carboxylic acids is 1. The van der Waals surface area contributed by atoms with Crippen LogP contribution in [0.15, 0.2) is 53.4 Å². The van der Waals surface area contributed by atoms with Gasteiger partial charge in [-0.25, -0.2) is 0 Å². The third-order valence-electron chi connectivity index (χ3n) is 3.47. The zero-order valence-corrected chi connectivity index (χ0v) is 11.9. The Balaban J connectivity index is 2.16. The number of benzene rings is 2. The Kier molecular flexibility index (Phi) is 3.63. The summed E-state index contributed by atoms with van der Waals surface area (Å²) in [5.41, 5.74) is 3.74. The van der Waals surface area contributed by atoms with E-state index < -0.39 is 0 Å². The van der Waals surface area contributed by atoms with Crippen molar-refractivity contribution in [1.29, 1.82) is 0 Å². The van der Waals surface area contributed by atoms with Crippen molar-refractivity contribution in [2.24, 2.45) is 0 Å². The van der Waals surface area contributed by atoms with Gasteiger partial charge in [-0.3, -0.25) is 4.79 Å². The first-order valence-electron chi connectivity index (χ1n) is 6.23. The maximum absolute atomic E-state index is 11.4. The summed E-state index contributed by atoms with van der Waals surface area (Å²) in [5, 5.41) is -0.276. The van der Waals surface area contributed by atoms with Gasteiger partial charge in [-0.15, -0.1) is 11.8 Å². The predicted molar refractivity (Wildman–Crippen MR) is 79.8 cm³/mol. The minimum absolute atomic E-state index is 0.0763. The van der Waals surface area contributed by atoms with Gasteiger partial charge in [0.1, 0.15) is 0 Å². The van der Waals surface area contributed by atoms with Gasteiger partial charge in [0.15, 0.2) is 0 Å². The molecule has 19 heavy (non-hydrogen) atoms. The molecule has 2 aromatic rings. The van der Waals surface area contributed by atoms with E-state index in [2.05, 4.69) is 30.3 Å². The summed E-state index contributed by atoms with van der Waals surface area (Å²) in [6, 6.07) is 16.6. The van der Waals surface area contributed by atoms with Crippen LogP contribution in [0.1, 0.15) is 29.0 Å². The lowest BCUT2D eigenvalue weighted by Crippen LogP contribution is -2.06. The molecule has 0 aromatic heterocycles. The van der Waals surface area contributed by atoms with Crippen molar-refractivity contribution in [3.05, 3.63) is 65.2 Å². The third kappa shape index (κ3) is 2.56. The van der Waals surface area contributed by atoms with Crippen molar-refractivity contribution in [3.8, 4) is 0 Å². The number of hydrogen-bond acceptors (Lipinski definition) is 2. The minimum Gasteiger partial charge on any atom is -0.281 e. The predicted octanol–water partition coefficient (Wildman–Crippen LogP) is 4.58. The Morgan fingerprint density at radius 1 is 1.11 bits per heavy atom. The summed E-state index contributed by atoms with van der Waals surface area (Å²) in [6.45, 7) is 0. The molecule has 3 rings (SSSR count). The van der Waals surface area contributed by atoms with Crippen LogP contribution in [-0.4, -0.2) is 5.24 Å². The van der Waals surface area contributed by atoms with E-state index in [1.807, 2.05) is 30.0 Å². The molecule has 1 atom stereocenters. The smallest absolute Gasteiger partial charge is 0.222 e. The van der Waals surface area contributed by atoms with Gasteiger partial charge in [0.05, 0.1) is 0 Å². The molecule has 0 bridgehead atoms. The second-order valence-electron chi connectivity index (χ2n) is 4.64. The summed E-state index contributed by atoms with van der Waals surface area (Å²) >= 11 is 7.48. The first kappa shape index (κ1) is 12.8. The lowest BCUT2D eigenvalue weighted by molar-refractivity contribution is -0.111. The number of carbonyl (C=O) groups is 1. The topological polar surface area (TPSA) is 17.1 Å². The monoisotopic (exact) mass is 288 g/mol. The van der Waals surface area contributed by atoms with E-state index in [0.29, 0.717) is 6.42 Å². The van der Waals surface area contributed by atoms with Gasteiger partial charge < -0.3 is 0 Å². The fourth-order valence-corrected chi connectivity index (χ4v) is 3.89. The Morgan fingerprint density at radius 2 is 1.79 bits per heavy atom. The van der Waals surface area contributed by atoms with Gasteiger partial charge in [0.25, 0.3) is 0 Å². The molecule has 1 aliphatic rings. The van der Waals surface area contributed by atoms with E-state index in [9.17, 15) is 4.79 Å². The van der Waals surface area contributed by atoms with Crippen LogP contribution in [-0.2, 0) is 10.5 Å². The van der Waals surface area contributed by atoms with Crippen molar-refractivity contribution >= 4 is 28.6 Å². The van der Waals surface area contributed by atoms with Crippen molar-refractivity contribution in [2.45, 2.75) is 23.0 Å². The molecule has 96 valence electrons. The van der Waals surface area contributed by atoms with Gasteiger partial charge in [0, 0.05) is 23.0 Å². The van der Waals surface area contributed by atoms with Crippen molar-refractivity contribution in [1.82, 2.24) is 0 Å². The van der Waals surface area contributed by atoms with E-state index in [0.717, 1.165) is 5.75 Å². The third-order valence-corrected chi connectivity index (χ3v) is 4.77. The van der Waals surface area contributed by atoms with E-state index >= 15 is 0 Å². The van der Waals surface area contributed by atoms with Crippen LogP contribution in [0.4, 0.5) is 0 Å². The zero-order chi connectivity index (χ0) is 13.2. The normalized spacial score (nSPS) is 17.2. The molecule has 0 fully saturated rings. The zero-order valence-electron chi connectivity index (χ0n) is 10.3. The molecule has 2 aromatic carbocycles. The van der Waals surface area contributed by atoms with E-state index in [4.69, 9.17) is 11.6 Å². The van der Waals surface area contributed by atoms with Crippen LogP contribution in [0.5, 0.6) is 0 Å². The highest BCUT2D eigenvalue weighted by Gasteiger charge is 2.25. The Bertz CT molecular complexity index is 576. The summed E-state index contributed by atoms with van der Waals surface area (Å²) in [5.74, 6) is 1.02. The standard InChI is InChI=1S/C16H13ClOS/c17-16(18)9-14-12-6-2-1-5-11(12)10-19-15-8-4-3-7-13(14)15/h1-8,14H,9-10H2. The van der Waals surface area contributed by atoms with Crippen LogP contribution < -0.4 is 0 Å². The van der Waals surface area contributed by atoms with Crippen LogP contribution in [0.2, 0.25) is 0 Å². The van der Waals surface area contributed by atoms with Gasteiger partial charge in [-0.2, -0.15) is 0 Å². The molecule has 0 saturated heterocycles. The molecule has 1 unspecified atom stereocenters. The number of halogens is 1. The molecule has 1 nitrogen and oxygen atoms in total. The number of hydrogen-bond donors (Lipinski definition) is 0. The lowest BCUT2D eigenvalue weighted by atomic mass is 9.86. The Hall–Kier alpha value is -1.25. The molecule has 0 saturated carbocycles. The molecular formula is C16H13ClOS. The van der Waals surface area contributed by atoms with Crippen LogP contribution in [0.3, 0.4) is 0 Å². The summed E-state index contributed by atoms with van der Waals surface area (Å²) in [6.07, 6.45) is 0.357. The second kappa shape index (κ2) is 5.40. The molecular weight excluding hydrogens is 276 g/mol. The second-order valence-corrected chi connectivity index (χ2v) is 6.08. The highest BCUT2D eigenvalue weighted by molar-refractivity contribution is 7.98. The molecule has 0 amide bonds. The Morgan fingerprint density at radius 3 is 2.58 bits per heavy atom. The fourth-order valence-electron chi connectivity index (χ4n) is 2.61. The first-order valence-corrected chi connectivity index (χ1v) is 7.60. The molecule has 0 N–H and O–H groups in total. The van der Waals surface area contributed by atoms with Gasteiger partial charge in [-0.05, 0) is 34.4 Å². The molecule has 1 heterocycles. The Labute approximate surface area is 122 Å². The lowest BCUT2D eigenvalue weighted by Gasteiger charge is -2.18. The fraction of sp³-hybridized carbons (Fsp3) is 0.188. The maximum Gasteiger partial charge on any atom is 0.222 e. The summed E-state index contributed by atoms with van der Waals surface area (Å²) in [4.78, 5) is 12.7. The molecule has 0 radical (unpaired) electrons. The minimum atomic E-state index is -0.276. The van der Waals surface area contributed by atoms with E-state index in [1.54, 1.807) is 0 Å². The molecule has 0 aliphatic carbocycles. The SMILES string of the molecule is O=C(Cl)CC1c2ccccc2CSc2ccccc21. The average molecular weight is 289 g/mol. The highest BCUT2D eigenvalue weighted by Crippen LogP contribution is 2.42. The average Bonchev–Trinajstić information content (AvgIpc) is 2.57. The van der Waals surface area contributed by atoms with Crippen molar-refractivity contribution in [2.75, 3.05) is 0 Å². The highest BCUT2D eigenvalue weighted by atomic mass is 35.5. The van der Waals surface area contributed by atoms with Crippen molar-refractivity contribution < 1.29 is 4.79 Å². The summed E-state index contributed by atoms with van der Waals surface area (Å²) < 4.78 is 0. The maximum atomic E-state index is 11.4. The number of thioether (sulfide) groups is 1. The molecule has 3 heteroatoms. The van der Waals surface area contributed by atoms with Gasteiger partial charge in [0.2, 0.25) is 5.24 Å². The number of rotatable bonds is 2. The van der Waals surface area contributed by atoms with Gasteiger partial charge >= 0.3 is 0 Å². The van der Waals surface area contributed by atoms with E-state index in [1.165, 1.54) is 21.6 Å². The van der Waals surface area contributed by atoms with Crippen molar-refractivity contribution in [3.63, 3.8) is 0 Å². The van der Waals surface area contributed by atoms with Gasteiger partial charge in [-0.1, -0.05) is 42.5 Å². The van der Waals surface area contributed by atoms with Crippen LogP contribution >= 0.6 is 23.4 Å². The molecule has 0 spiro atoms. The van der Waals surface area contributed by atoms with Crippen LogP contribution in [0, 0.1) is 0 Å².